The molecule has 0 aliphatic rings. The molecule has 0 aliphatic carbocycles. The van der Waals surface area contributed by atoms with Crippen LogP contribution in [0.1, 0.15) is 40.5 Å². The summed E-state index contributed by atoms with van der Waals surface area (Å²) in [5, 5.41) is 7.85. The highest BCUT2D eigenvalue weighted by Gasteiger charge is 2.10. The van der Waals surface area contributed by atoms with Crippen LogP contribution in [-0.2, 0) is 13.0 Å². The fourth-order valence-electron chi connectivity index (χ4n) is 1.50. The summed E-state index contributed by atoms with van der Waals surface area (Å²) in [6.45, 7) is 7.16. The molecule has 0 aromatic carbocycles. The van der Waals surface area contributed by atoms with Crippen molar-refractivity contribution in [3.63, 3.8) is 0 Å². The Morgan fingerprint density at radius 2 is 2.29 bits per heavy atom. The third kappa shape index (κ3) is 3.34. The van der Waals surface area contributed by atoms with E-state index in [0.717, 1.165) is 28.7 Å². The summed E-state index contributed by atoms with van der Waals surface area (Å²) >= 11 is 3.50. The number of nitrogens with one attached hydrogen (secondary N) is 1. The molecule has 0 bridgehead atoms. The monoisotopic (exact) mass is 267 g/mol. The molecule has 2 aromatic rings. The van der Waals surface area contributed by atoms with Gasteiger partial charge in [0.2, 0.25) is 0 Å². The summed E-state index contributed by atoms with van der Waals surface area (Å²) in [5.74, 6) is 0. The molecule has 2 heterocycles. The van der Waals surface area contributed by atoms with Gasteiger partial charge in [-0.15, -0.1) is 22.7 Å². The standard InChI is InChI=1S/C12H17N3S2/c1-4-10-5-14-12(17-10)9(3)13-6-11-15-8(2)7-16-11/h5,7,9,13H,4,6H2,1-3H3. The lowest BCUT2D eigenvalue weighted by Crippen LogP contribution is -2.17. The normalized spacial score (nSPS) is 12.9. The second-order valence-electron chi connectivity index (χ2n) is 4.00. The van der Waals surface area contributed by atoms with E-state index in [2.05, 4.69) is 34.5 Å². The zero-order valence-electron chi connectivity index (χ0n) is 10.4. The minimum absolute atomic E-state index is 0.296. The van der Waals surface area contributed by atoms with Crippen molar-refractivity contribution in [2.24, 2.45) is 0 Å². The largest absolute Gasteiger partial charge is 0.302 e. The van der Waals surface area contributed by atoms with Gasteiger partial charge in [-0.2, -0.15) is 0 Å². The quantitative estimate of drug-likeness (QED) is 0.903. The van der Waals surface area contributed by atoms with Gasteiger partial charge in [-0.25, -0.2) is 9.97 Å². The van der Waals surface area contributed by atoms with Crippen LogP contribution in [0, 0.1) is 6.92 Å². The van der Waals surface area contributed by atoms with E-state index in [9.17, 15) is 0 Å². The first-order chi connectivity index (χ1) is 8.19. The highest BCUT2D eigenvalue weighted by Crippen LogP contribution is 2.20. The first kappa shape index (κ1) is 12.7. The molecule has 0 saturated carbocycles. The Morgan fingerprint density at radius 3 is 2.88 bits per heavy atom. The van der Waals surface area contributed by atoms with Gasteiger partial charge < -0.3 is 5.32 Å². The molecule has 1 unspecified atom stereocenters. The molecule has 0 amide bonds. The van der Waals surface area contributed by atoms with E-state index in [-0.39, 0.29) is 0 Å². The fourth-order valence-corrected chi connectivity index (χ4v) is 3.10. The average molecular weight is 267 g/mol. The van der Waals surface area contributed by atoms with Gasteiger partial charge in [0.05, 0.1) is 6.04 Å². The Bertz CT molecular complexity index is 476. The minimum Gasteiger partial charge on any atom is -0.302 e. The molecular weight excluding hydrogens is 250 g/mol. The van der Waals surface area contributed by atoms with Crippen LogP contribution in [0.25, 0.3) is 0 Å². The molecule has 2 aromatic heterocycles. The maximum atomic E-state index is 4.44. The van der Waals surface area contributed by atoms with Gasteiger partial charge >= 0.3 is 0 Å². The van der Waals surface area contributed by atoms with E-state index in [1.54, 1.807) is 22.7 Å². The van der Waals surface area contributed by atoms with Crippen molar-refractivity contribution in [3.05, 3.63) is 32.2 Å². The van der Waals surface area contributed by atoms with Crippen LogP contribution in [0.15, 0.2) is 11.6 Å². The Balaban J connectivity index is 1.90. The van der Waals surface area contributed by atoms with Gasteiger partial charge in [-0.1, -0.05) is 6.92 Å². The molecule has 5 heteroatoms. The third-order valence-electron chi connectivity index (χ3n) is 2.52. The zero-order valence-corrected chi connectivity index (χ0v) is 12.0. The van der Waals surface area contributed by atoms with Crippen LogP contribution in [0.3, 0.4) is 0 Å². The molecule has 0 spiro atoms. The summed E-state index contributed by atoms with van der Waals surface area (Å²) in [7, 11) is 0. The molecule has 0 aliphatic heterocycles. The second kappa shape index (κ2) is 5.71. The van der Waals surface area contributed by atoms with Gasteiger partial charge in [0.15, 0.2) is 0 Å². The van der Waals surface area contributed by atoms with E-state index in [0.29, 0.717) is 6.04 Å². The molecule has 0 radical (unpaired) electrons. The SMILES string of the molecule is CCc1cnc(C(C)NCc2nc(C)cs2)s1. The number of nitrogens with zero attached hydrogens (tertiary/aromatic N) is 2. The first-order valence-electron chi connectivity index (χ1n) is 5.78. The maximum absolute atomic E-state index is 4.44. The van der Waals surface area contributed by atoms with Crippen LogP contribution >= 0.6 is 22.7 Å². The highest BCUT2D eigenvalue weighted by atomic mass is 32.1. The summed E-state index contributed by atoms with van der Waals surface area (Å²) < 4.78 is 0. The van der Waals surface area contributed by atoms with Crippen LogP contribution in [0.5, 0.6) is 0 Å². The van der Waals surface area contributed by atoms with Crippen molar-refractivity contribution in [1.29, 1.82) is 0 Å². The Kier molecular flexibility index (Phi) is 4.25. The van der Waals surface area contributed by atoms with Crippen molar-refractivity contribution >= 4 is 22.7 Å². The number of thiazole rings is 2. The van der Waals surface area contributed by atoms with Crippen molar-refractivity contribution in [2.75, 3.05) is 0 Å². The van der Waals surface area contributed by atoms with Crippen LogP contribution in [-0.4, -0.2) is 9.97 Å². The number of aromatic nitrogens is 2. The second-order valence-corrected chi connectivity index (χ2v) is 6.09. The van der Waals surface area contributed by atoms with Crippen molar-refractivity contribution in [3.8, 4) is 0 Å². The molecule has 2 rings (SSSR count). The summed E-state index contributed by atoms with van der Waals surface area (Å²) in [6, 6.07) is 0.296. The molecule has 1 atom stereocenters. The number of aryl methyl sites for hydroxylation is 2. The lowest BCUT2D eigenvalue weighted by molar-refractivity contribution is 0.570. The highest BCUT2D eigenvalue weighted by molar-refractivity contribution is 7.11. The first-order valence-corrected chi connectivity index (χ1v) is 7.47. The topological polar surface area (TPSA) is 37.8 Å². The summed E-state index contributed by atoms with van der Waals surface area (Å²) in [6.07, 6.45) is 3.04. The zero-order chi connectivity index (χ0) is 12.3. The van der Waals surface area contributed by atoms with Gasteiger partial charge in [-0.3, -0.25) is 0 Å². The van der Waals surface area contributed by atoms with Crippen molar-refractivity contribution in [1.82, 2.24) is 15.3 Å². The van der Waals surface area contributed by atoms with Gasteiger partial charge in [-0.05, 0) is 20.3 Å². The summed E-state index contributed by atoms with van der Waals surface area (Å²) in [5.41, 5.74) is 1.10. The molecule has 17 heavy (non-hydrogen) atoms. The van der Waals surface area contributed by atoms with Crippen LogP contribution in [0.4, 0.5) is 0 Å². The van der Waals surface area contributed by atoms with E-state index in [1.165, 1.54) is 4.88 Å². The number of hydrogen-bond donors (Lipinski definition) is 1. The number of rotatable bonds is 5. The lowest BCUT2D eigenvalue weighted by atomic mass is 10.3. The fraction of sp³-hybridized carbons (Fsp3) is 0.500. The van der Waals surface area contributed by atoms with Gasteiger partial charge in [0.1, 0.15) is 10.0 Å². The lowest BCUT2D eigenvalue weighted by Gasteiger charge is -2.09. The maximum Gasteiger partial charge on any atom is 0.109 e. The van der Waals surface area contributed by atoms with E-state index in [4.69, 9.17) is 0 Å². The summed E-state index contributed by atoms with van der Waals surface area (Å²) in [4.78, 5) is 10.2. The molecule has 3 nitrogen and oxygen atoms in total. The van der Waals surface area contributed by atoms with Crippen LogP contribution in [0.2, 0.25) is 0 Å². The Morgan fingerprint density at radius 1 is 1.47 bits per heavy atom. The molecular formula is C12H17N3S2. The predicted octanol–water partition coefficient (Wildman–Crippen LogP) is 3.32. The minimum atomic E-state index is 0.296. The Labute approximate surface area is 110 Å². The average Bonchev–Trinajstić information content (AvgIpc) is 2.94. The van der Waals surface area contributed by atoms with E-state index in [1.807, 2.05) is 13.1 Å². The van der Waals surface area contributed by atoms with E-state index < -0.39 is 0 Å². The van der Waals surface area contributed by atoms with Crippen molar-refractivity contribution < 1.29 is 0 Å². The van der Waals surface area contributed by atoms with Crippen molar-refractivity contribution in [2.45, 2.75) is 39.8 Å². The van der Waals surface area contributed by atoms with E-state index >= 15 is 0 Å². The van der Waals surface area contributed by atoms with Crippen LogP contribution < -0.4 is 5.32 Å². The Hall–Kier alpha value is -0.780. The smallest absolute Gasteiger partial charge is 0.109 e. The molecule has 1 N–H and O–H groups in total. The molecule has 0 saturated heterocycles. The van der Waals surface area contributed by atoms with Gasteiger partial charge in [0, 0.05) is 28.7 Å². The molecule has 0 fully saturated rings. The third-order valence-corrected chi connectivity index (χ3v) is 4.81. The van der Waals surface area contributed by atoms with Gasteiger partial charge in [0.25, 0.3) is 0 Å². The number of hydrogen-bond acceptors (Lipinski definition) is 5. The molecule has 92 valence electrons. The predicted molar refractivity (Wildman–Crippen MR) is 73.6 cm³/mol.